The third kappa shape index (κ3) is 5.46. The van der Waals surface area contributed by atoms with Crippen LogP contribution in [0.15, 0.2) is 0 Å². The van der Waals surface area contributed by atoms with Gasteiger partial charge in [0, 0.05) is 6.54 Å². The van der Waals surface area contributed by atoms with Gasteiger partial charge in [0.15, 0.2) is 0 Å². The lowest BCUT2D eigenvalue weighted by Gasteiger charge is -2.15. The number of carbonyl (C=O) groups excluding carboxylic acids is 1. The van der Waals surface area contributed by atoms with Gasteiger partial charge in [-0.1, -0.05) is 20.8 Å². The van der Waals surface area contributed by atoms with Crippen LogP contribution in [0.25, 0.3) is 0 Å². The normalized spacial score (nSPS) is 12.4. The minimum absolute atomic E-state index is 0.160. The van der Waals surface area contributed by atoms with Crippen LogP contribution in [-0.4, -0.2) is 28.5 Å². The van der Waals surface area contributed by atoms with E-state index in [1.165, 1.54) is 11.3 Å². The van der Waals surface area contributed by atoms with Gasteiger partial charge in [0.2, 0.25) is 0 Å². The second-order valence-electron chi connectivity index (χ2n) is 5.65. The molecule has 0 aliphatic carbocycles. The molecule has 0 saturated carbocycles. The second-order valence-corrected chi connectivity index (χ2v) is 6.73. The number of carboxylic acids is 1. The Morgan fingerprint density at radius 3 is 2.57 bits per heavy atom. The van der Waals surface area contributed by atoms with Gasteiger partial charge in [-0.25, -0.2) is 4.98 Å². The zero-order valence-corrected chi connectivity index (χ0v) is 13.9. The molecule has 0 fully saturated rings. The van der Waals surface area contributed by atoms with E-state index in [9.17, 15) is 14.7 Å². The Morgan fingerprint density at radius 2 is 2.05 bits per heavy atom. The van der Waals surface area contributed by atoms with Crippen LogP contribution >= 0.6 is 11.3 Å². The van der Waals surface area contributed by atoms with Crippen molar-refractivity contribution in [1.82, 2.24) is 10.3 Å². The molecule has 1 amide bonds. The molecule has 1 atom stereocenters. The molecular weight excluding hydrogens is 288 g/mol. The number of nitrogens with zero attached hydrogens (tertiary/aromatic N) is 1. The highest BCUT2D eigenvalue weighted by Crippen LogP contribution is 2.19. The van der Waals surface area contributed by atoms with Gasteiger partial charge in [0.05, 0.1) is 16.6 Å². The maximum absolute atomic E-state index is 12.2. The quantitative estimate of drug-likeness (QED) is 0.773. The average Bonchev–Trinajstić information content (AvgIpc) is 2.75. The molecule has 0 bridgehead atoms. The number of rotatable bonds is 8. The van der Waals surface area contributed by atoms with E-state index in [1.807, 2.05) is 20.8 Å². The minimum Gasteiger partial charge on any atom is -0.481 e. The molecule has 1 unspecified atom stereocenters. The zero-order chi connectivity index (χ0) is 16.0. The topological polar surface area (TPSA) is 79.3 Å². The van der Waals surface area contributed by atoms with Crippen LogP contribution in [0.5, 0.6) is 0 Å². The van der Waals surface area contributed by atoms with E-state index in [0.717, 1.165) is 23.5 Å². The summed E-state index contributed by atoms with van der Waals surface area (Å²) < 4.78 is 0. The van der Waals surface area contributed by atoms with Crippen molar-refractivity contribution in [3.05, 3.63) is 15.6 Å². The van der Waals surface area contributed by atoms with Gasteiger partial charge in [-0.15, -0.1) is 11.3 Å². The van der Waals surface area contributed by atoms with Crippen molar-refractivity contribution in [1.29, 1.82) is 0 Å². The first-order valence-electron chi connectivity index (χ1n) is 7.32. The number of carboxylic acid groups (broad SMARTS) is 1. The Bertz CT molecular complexity index is 497. The van der Waals surface area contributed by atoms with Gasteiger partial charge in [0.1, 0.15) is 4.88 Å². The number of aromatic nitrogens is 1. The molecule has 0 radical (unpaired) electrons. The molecule has 0 spiro atoms. The molecule has 5 nitrogen and oxygen atoms in total. The monoisotopic (exact) mass is 312 g/mol. The van der Waals surface area contributed by atoms with E-state index in [-0.39, 0.29) is 18.4 Å². The summed E-state index contributed by atoms with van der Waals surface area (Å²) in [5.74, 6) is -1.35. The Morgan fingerprint density at radius 1 is 1.38 bits per heavy atom. The van der Waals surface area contributed by atoms with E-state index in [0.29, 0.717) is 11.3 Å². The fourth-order valence-corrected chi connectivity index (χ4v) is 3.20. The molecule has 2 N–H and O–H groups in total. The van der Waals surface area contributed by atoms with Crippen LogP contribution in [0.2, 0.25) is 0 Å². The molecule has 0 aliphatic rings. The van der Waals surface area contributed by atoms with Crippen LogP contribution in [0.1, 0.15) is 54.0 Å². The lowest BCUT2D eigenvalue weighted by atomic mass is 9.97. The first-order valence-corrected chi connectivity index (χ1v) is 8.14. The number of thiazole rings is 1. The number of amides is 1. The highest BCUT2D eigenvalue weighted by molar-refractivity contribution is 7.13. The zero-order valence-electron chi connectivity index (χ0n) is 13.1. The molecule has 6 heteroatoms. The molecular formula is C15H24N2O3S. The molecule has 118 valence electrons. The van der Waals surface area contributed by atoms with Gasteiger partial charge >= 0.3 is 5.97 Å². The molecule has 1 heterocycles. The van der Waals surface area contributed by atoms with Crippen LogP contribution < -0.4 is 5.32 Å². The SMILES string of the molecule is CCCc1nc(C)c(C(=O)NCC(CC(C)C)C(=O)O)s1. The second kappa shape index (κ2) is 8.12. The summed E-state index contributed by atoms with van der Waals surface area (Å²) in [6.45, 7) is 7.99. The number of carbonyl (C=O) groups is 2. The highest BCUT2D eigenvalue weighted by atomic mass is 32.1. The first-order chi connectivity index (χ1) is 9.85. The Kier molecular flexibility index (Phi) is 6.81. The van der Waals surface area contributed by atoms with E-state index in [1.54, 1.807) is 0 Å². The van der Waals surface area contributed by atoms with Crippen molar-refractivity contribution in [3.63, 3.8) is 0 Å². The van der Waals surface area contributed by atoms with Crippen LogP contribution in [-0.2, 0) is 11.2 Å². The van der Waals surface area contributed by atoms with Crippen LogP contribution in [0.3, 0.4) is 0 Å². The third-order valence-electron chi connectivity index (χ3n) is 3.13. The summed E-state index contributed by atoms with van der Waals surface area (Å²) >= 11 is 1.40. The predicted molar refractivity (Wildman–Crippen MR) is 83.8 cm³/mol. The van der Waals surface area contributed by atoms with Crippen molar-refractivity contribution in [2.45, 2.75) is 47.0 Å². The van der Waals surface area contributed by atoms with Crippen molar-refractivity contribution in [2.75, 3.05) is 6.54 Å². The summed E-state index contributed by atoms with van der Waals surface area (Å²) in [7, 11) is 0. The standard InChI is InChI=1S/C15H24N2O3S/c1-5-6-12-17-10(4)13(21-12)14(18)16-8-11(15(19)20)7-9(2)3/h9,11H,5-8H2,1-4H3,(H,16,18)(H,19,20). The summed E-state index contributed by atoms with van der Waals surface area (Å²) in [5.41, 5.74) is 0.719. The Hall–Kier alpha value is -1.43. The van der Waals surface area contributed by atoms with Gasteiger partial charge < -0.3 is 10.4 Å². The minimum atomic E-state index is -0.864. The molecule has 0 aromatic carbocycles. The van der Waals surface area contributed by atoms with E-state index >= 15 is 0 Å². The third-order valence-corrected chi connectivity index (χ3v) is 4.34. The predicted octanol–water partition coefficient (Wildman–Crippen LogP) is 2.88. The van der Waals surface area contributed by atoms with E-state index in [4.69, 9.17) is 0 Å². The first kappa shape index (κ1) is 17.6. The Labute approximate surface area is 129 Å². The number of aliphatic carboxylic acids is 1. The number of nitrogens with one attached hydrogen (secondary N) is 1. The van der Waals surface area contributed by atoms with Gasteiger partial charge in [0.25, 0.3) is 5.91 Å². The fraction of sp³-hybridized carbons (Fsp3) is 0.667. The lowest BCUT2D eigenvalue weighted by molar-refractivity contribution is -0.142. The molecule has 21 heavy (non-hydrogen) atoms. The maximum atomic E-state index is 12.2. The van der Waals surface area contributed by atoms with Crippen molar-refractivity contribution >= 4 is 23.2 Å². The van der Waals surface area contributed by atoms with Crippen molar-refractivity contribution in [3.8, 4) is 0 Å². The number of aryl methyl sites for hydroxylation is 2. The molecule has 0 saturated heterocycles. The van der Waals surface area contributed by atoms with Crippen LogP contribution in [0, 0.1) is 18.8 Å². The summed E-state index contributed by atoms with van der Waals surface area (Å²) in [6, 6.07) is 0. The lowest BCUT2D eigenvalue weighted by Crippen LogP contribution is -2.33. The smallest absolute Gasteiger partial charge is 0.308 e. The van der Waals surface area contributed by atoms with E-state index in [2.05, 4.69) is 17.2 Å². The molecule has 1 aromatic heterocycles. The van der Waals surface area contributed by atoms with Crippen molar-refractivity contribution in [2.24, 2.45) is 11.8 Å². The maximum Gasteiger partial charge on any atom is 0.308 e. The summed E-state index contributed by atoms with van der Waals surface area (Å²) in [4.78, 5) is 28.3. The number of hydrogen-bond donors (Lipinski definition) is 2. The van der Waals surface area contributed by atoms with Crippen LogP contribution in [0.4, 0.5) is 0 Å². The highest BCUT2D eigenvalue weighted by Gasteiger charge is 2.21. The Balaban J connectivity index is 2.65. The largest absolute Gasteiger partial charge is 0.481 e. The van der Waals surface area contributed by atoms with E-state index < -0.39 is 11.9 Å². The molecule has 1 rings (SSSR count). The number of hydrogen-bond acceptors (Lipinski definition) is 4. The molecule has 0 aliphatic heterocycles. The van der Waals surface area contributed by atoms with Gasteiger partial charge in [-0.2, -0.15) is 0 Å². The average molecular weight is 312 g/mol. The summed E-state index contributed by atoms with van der Waals surface area (Å²) in [5, 5.41) is 12.9. The fourth-order valence-electron chi connectivity index (χ4n) is 2.12. The van der Waals surface area contributed by atoms with Gasteiger partial charge in [-0.3, -0.25) is 9.59 Å². The van der Waals surface area contributed by atoms with Gasteiger partial charge in [-0.05, 0) is 32.1 Å². The summed E-state index contributed by atoms with van der Waals surface area (Å²) in [6.07, 6.45) is 2.41. The van der Waals surface area contributed by atoms with Crippen molar-refractivity contribution < 1.29 is 14.7 Å². The molecule has 1 aromatic rings.